The highest BCUT2D eigenvalue weighted by Gasteiger charge is 2.19. The topological polar surface area (TPSA) is 78.9 Å². The summed E-state index contributed by atoms with van der Waals surface area (Å²) in [6.45, 7) is 6.50. The molecule has 0 spiro atoms. The number of hydrogen-bond acceptors (Lipinski definition) is 6. The normalized spacial score (nSPS) is 12.5. The van der Waals surface area contributed by atoms with Crippen molar-refractivity contribution in [2.75, 3.05) is 13.2 Å². The van der Waals surface area contributed by atoms with Crippen LogP contribution in [0, 0.1) is 0 Å². The van der Waals surface area contributed by atoms with Gasteiger partial charge in [0.05, 0.1) is 0 Å². The molecule has 0 amide bonds. The molecular weight excluding hydrogens is 877 g/mol. The number of esters is 3. The van der Waals surface area contributed by atoms with E-state index in [2.05, 4.69) is 93.7 Å². The number of ether oxygens (including phenoxy) is 3. The molecule has 6 heteroatoms. The number of unbranched alkanes of at least 4 members (excludes halogenated alkanes) is 32. The summed E-state index contributed by atoms with van der Waals surface area (Å²) in [5.74, 6) is -0.950. The van der Waals surface area contributed by atoms with E-state index in [9.17, 15) is 14.4 Å². The second-order valence-corrected chi connectivity index (χ2v) is 20.2. The lowest BCUT2D eigenvalue weighted by atomic mass is 10.0. The predicted molar refractivity (Wildman–Crippen MR) is 307 cm³/mol. The monoisotopic (exact) mass is 991 g/mol. The van der Waals surface area contributed by atoms with E-state index < -0.39 is 6.10 Å². The minimum Gasteiger partial charge on any atom is -0.462 e. The number of allylic oxidation sites excluding steroid dienone is 12. The first-order valence-corrected chi connectivity index (χ1v) is 30.4. The third-order valence-corrected chi connectivity index (χ3v) is 13.2. The summed E-state index contributed by atoms with van der Waals surface area (Å²) < 4.78 is 16.8. The van der Waals surface area contributed by atoms with Gasteiger partial charge in [0.2, 0.25) is 0 Å². The third kappa shape index (κ3) is 57.6. The molecule has 0 aromatic rings. The molecule has 0 saturated heterocycles. The maximum Gasteiger partial charge on any atom is 0.306 e. The zero-order valence-corrected chi connectivity index (χ0v) is 47.0. The minimum atomic E-state index is -0.802. The molecule has 1 atom stereocenters. The number of carbonyl (C=O) groups excluding carboxylic acids is 3. The van der Waals surface area contributed by atoms with Gasteiger partial charge in [-0.2, -0.15) is 0 Å². The fourth-order valence-corrected chi connectivity index (χ4v) is 8.65. The van der Waals surface area contributed by atoms with Crippen LogP contribution in [0.1, 0.15) is 303 Å². The van der Waals surface area contributed by atoms with Gasteiger partial charge in [0.25, 0.3) is 0 Å². The number of carbonyl (C=O) groups is 3. The summed E-state index contributed by atoms with van der Waals surface area (Å²) >= 11 is 0. The lowest BCUT2D eigenvalue weighted by Crippen LogP contribution is -2.30. The van der Waals surface area contributed by atoms with Crippen molar-refractivity contribution in [2.45, 2.75) is 309 Å². The van der Waals surface area contributed by atoms with Crippen molar-refractivity contribution < 1.29 is 28.6 Å². The van der Waals surface area contributed by atoms with Crippen LogP contribution in [0.5, 0.6) is 0 Å². The van der Waals surface area contributed by atoms with E-state index in [1.54, 1.807) is 0 Å². The first-order chi connectivity index (χ1) is 35.0. The van der Waals surface area contributed by atoms with Crippen LogP contribution in [0.4, 0.5) is 0 Å². The molecule has 0 heterocycles. The van der Waals surface area contributed by atoms with E-state index in [4.69, 9.17) is 14.2 Å². The largest absolute Gasteiger partial charge is 0.462 e. The molecule has 0 aliphatic rings. The fraction of sp³-hybridized carbons (Fsp3) is 0.769. The van der Waals surface area contributed by atoms with E-state index in [1.807, 2.05) is 0 Å². The first kappa shape index (κ1) is 67.8. The maximum atomic E-state index is 12.9. The Morgan fingerprint density at radius 2 is 0.563 bits per heavy atom. The van der Waals surface area contributed by atoms with Crippen LogP contribution in [0.3, 0.4) is 0 Å². The van der Waals surface area contributed by atoms with E-state index in [1.165, 1.54) is 167 Å². The van der Waals surface area contributed by atoms with Crippen molar-refractivity contribution in [1.29, 1.82) is 0 Å². The molecule has 0 bridgehead atoms. The van der Waals surface area contributed by atoms with Gasteiger partial charge in [-0.1, -0.05) is 273 Å². The number of hydrogen-bond donors (Lipinski definition) is 0. The zero-order chi connectivity index (χ0) is 51.4. The standard InChI is InChI=1S/C65H114O6/c1-4-7-10-13-16-19-22-25-28-30-31-32-33-35-38-40-43-46-49-52-55-58-64(67)70-61-62(71-65(68)59-56-53-50-47-44-41-36-27-24-21-18-15-12-9-6-3)60-69-63(66)57-54-51-48-45-42-39-37-34-29-26-23-20-17-14-11-8-5-2/h8,11,17,20,26-27,29,36-37,39,45,48,62H,4-7,9-10,12-16,18-19,21-25,28,30-35,38,40-44,46-47,49-61H2,1-3H3/b11-8-,20-17-,29-26-,36-27-,39-37-,48-45-/t62-/m1/s1. The van der Waals surface area contributed by atoms with Gasteiger partial charge < -0.3 is 14.2 Å². The minimum absolute atomic E-state index is 0.0937. The molecule has 410 valence electrons. The maximum absolute atomic E-state index is 12.9. The predicted octanol–water partition coefficient (Wildman–Crippen LogP) is 20.5. The third-order valence-electron chi connectivity index (χ3n) is 13.2. The van der Waals surface area contributed by atoms with Crippen LogP contribution in [0.2, 0.25) is 0 Å². The van der Waals surface area contributed by atoms with E-state index in [0.717, 1.165) is 89.9 Å². The highest BCUT2D eigenvalue weighted by Crippen LogP contribution is 2.17. The Bertz CT molecular complexity index is 1320. The van der Waals surface area contributed by atoms with E-state index in [0.29, 0.717) is 19.3 Å². The van der Waals surface area contributed by atoms with Crippen molar-refractivity contribution >= 4 is 17.9 Å². The Labute approximate surface area is 440 Å². The Hall–Kier alpha value is -3.15. The molecule has 0 aromatic carbocycles. The van der Waals surface area contributed by atoms with Gasteiger partial charge in [-0.05, 0) is 83.5 Å². The summed E-state index contributed by atoms with van der Waals surface area (Å²) in [4.78, 5) is 38.2. The Kier molecular flexibility index (Phi) is 56.8. The Morgan fingerprint density at radius 3 is 0.930 bits per heavy atom. The smallest absolute Gasteiger partial charge is 0.306 e. The SMILES string of the molecule is CC/C=C\C/C=C\C/C=C\C/C=C\C/C=C\CCCC(=O)OC[C@H](COC(=O)CCCCCCCCCCCCCCCCCCCCCCC)OC(=O)CCCCCCC/C=C\CCCCCCCC. The van der Waals surface area contributed by atoms with E-state index >= 15 is 0 Å². The van der Waals surface area contributed by atoms with Gasteiger partial charge in [0.15, 0.2) is 6.10 Å². The average molecular weight is 992 g/mol. The zero-order valence-electron chi connectivity index (χ0n) is 47.0. The molecule has 0 aliphatic heterocycles. The molecule has 0 aromatic heterocycles. The van der Waals surface area contributed by atoms with Gasteiger partial charge in [-0.15, -0.1) is 0 Å². The molecule has 0 fully saturated rings. The first-order valence-electron chi connectivity index (χ1n) is 30.4. The van der Waals surface area contributed by atoms with Crippen molar-refractivity contribution in [1.82, 2.24) is 0 Å². The molecule has 0 N–H and O–H groups in total. The summed E-state index contributed by atoms with van der Waals surface area (Å²) in [5.41, 5.74) is 0. The molecule has 6 nitrogen and oxygen atoms in total. The second-order valence-electron chi connectivity index (χ2n) is 20.2. The highest BCUT2D eigenvalue weighted by molar-refractivity contribution is 5.71. The molecule has 71 heavy (non-hydrogen) atoms. The van der Waals surface area contributed by atoms with Crippen LogP contribution in [0.15, 0.2) is 72.9 Å². The van der Waals surface area contributed by atoms with Crippen molar-refractivity contribution in [3.05, 3.63) is 72.9 Å². The highest BCUT2D eigenvalue weighted by atomic mass is 16.6. The molecule has 0 aliphatic carbocycles. The van der Waals surface area contributed by atoms with Crippen LogP contribution in [0.25, 0.3) is 0 Å². The van der Waals surface area contributed by atoms with Crippen molar-refractivity contribution in [3.8, 4) is 0 Å². The lowest BCUT2D eigenvalue weighted by Gasteiger charge is -2.18. The van der Waals surface area contributed by atoms with Gasteiger partial charge in [0, 0.05) is 19.3 Å². The second kappa shape index (κ2) is 59.4. The van der Waals surface area contributed by atoms with Crippen LogP contribution >= 0.6 is 0 Å². The fourth-order valence-electron chi connectivity index (χ4n) is 8.65. The Balaban J connectivity index is 4.40. The molecule has 0 saturated carbocycles. The van der Waals surface area contributed by atoms with Crippen molar-refractivity contribution in [2.24, 2.45) is 0 Å². The van der Waals surface area contributed by atoms with Gasteiger partial charge in [-0.25, -0.2) is 0 Å². The van der Waals surface area contributed by atoms with Gasteiger partial charge >= 0.3 is 17.9 Å². The average Bonchev–Trinajstić information content (AvgIpc) is 3.37. The summed E-state index contributed by atoms with van der Waals surface area (Å²) in [6.07, 6.45) is 76.2. The quantitative estimate of drug-likeness (QED) is 0.0261. The lowest BCUT2D eigenvalue weighted by molar-refractivity contribution is -0.167. The number of rotatable bonds is 55. The summed E-state index contributed by atoms with van der Waals surface area (Å²) in [7, 11) is 0. The molecular formula is C65H114O6. The molecule has 0 unspecified atom stereocenters. The van der Waals surface area contributed by atoms with Crippen LogP contribution < -0.4 is 0 Å². The van der Waals surface area contributed by atoms with E-state index in [-0.39, 0.29) is 37.5 Å². The molecule has 0 rings (SSSR count). The van der Waals surface area contributed by atoms with Gasteiger partial charge in [0.1, 0.15) is 13.2 Å². The molecule has 0 radical (unpaired) electrons. The summed E-state index contributed by atoms with van der Waals surface area (Å²) in [6, 6.07) is 0. The van der Waals surface area contributed by atoms with Crippen molar-refractivity contribution in [3.63, 3.8) is 0 Å². The Morgan fingerprint density at radius 1 is 0.296 bits per heavy atom. The van der Waals surface area contributed by atoms with Crippen LogP contribution in [-0.4, -0.2) is 37.2 Å². The van der Waals surface area contributed by atoms with Gasteiger partial charge in [-0.3, -0.25) is 14.4 Å². The van der Waals surface area contributed by atoms with Crippen LogP contribution in [-0.2, 0) is 28.6 Å². The summed E-state index contributed by atoms with van der Waals surface area (Å²) in [5, 5.41) is 0.